The first-order chi connectivity index (χ1) is 12.4. The van der Waals surface area contributed by atoms with Gasteiger partial charge in [-0.1, -0.05) is 60.7 Å². The smallest absolute Gasteiger partial charge is 0.0777 e. The van der Waals surface area contributed by atoms with E-state index in [4.69, 9.17) is 18.6 Å². The molecule has 1 aliphatic rings. The van der Waals surface area contributed by atoms with Crippen LogP contribution in [0.3, 0.4) is 0 Å². The van der Waals surface area contributed by atoms with Crippen molar-refractivity contribution in [3.8, 4) is 0 Å². The highest BCUT2D eigenvalue weighted by Gasteiger charge is 2.18. The van der Waals surface area contributed by atoms with Gasteiger partial charge < -0.3 is 4.90 Å². The van der Waals surface area contributed by atoms with Crippen LogP contribution >= 0.6 is 0 Å². The Balaban J connectivity index is 0.000000431. The second-order valence-electron chi connectivity index (χ2n) is 6.65. The van der Waals surface area contributed by atoms with Crippen LogP contribution in [0.15, 0.2) is 60.7 Å². The maximum absolute atomic E-state index is 8.60. The number of halogens is 1. The molecule has 142 valence electrons. The highest BCUT2D eigenvalue weighted by atomic mass is 35.7. The third-order valence-corrected chi connectivity index (χ3v) is 4.45. The largest absolute Gasteiger partial charge is 0.303 e. The van der Waals surface area contributed by atoms with Crippen molar-refractivity contribution in [3.05, 3.63) is 71.8 Å². The molecule has 1 aliphatic heterocycles. The minimum Gasteiger partial charge on any atom is -0.303 e. The Morgan fingerprint density at radius 2 is 1.19 bits per heavy atom. The van der Waals surface area contributed by atoms with Gasteiger partial charge in [-0.05, 0) is 55.8 Å². The van der Waals surface area contributed by atoms with Crippen LogP contribution < -0.4 is 14.0 Å². The number of nitrogens with zero attached hydrogens (tertiary/aromatic N) is 1. The Labute approximate surface area is 157 Å². The lowest BCUT2D eigenvalue weighted by Crippen LogP contribution is -2.58. The van der Waals surface area contributed by atoms with E-state index in [1.807, 2.05) is 0 Å². The quantitative estimate of drug-likeness (QED) is 0.766. The first-order valence-electron chi connectivity index (χ1n) is 8.83. The molecule has 0 bridgehead atoms. The second kappa shape index (κ2) is 10.6. The number of likely N-dealkylation sites (tertiary alicyclic amines) is 1. The number of rotatable bonds is 6. The summed E-state index contributed by atoms with van der Waals surface area (Å²) in [5.41, 5.74) is 2.94. The summed E-state index contributed by atoms with van der Waals surface area (Å²) >= 11 is 0. The maximum Gasteiger partial charge on any atom is 0.0777 e. The molecule has 2 aromatic rings. The Kier molecular flexibility index (Phi) is 8.51. The van der Waals surface area contributed by atoms with E-state index in [-0.39, 0.29) is 0 Å². The molecule has 3 rings (SSSR count). The molecule has 0 aromatic heterocycles. The van der Waals surface area contributed by atoms with Crippen LogP contribution in [0.2, 0.25) is 0 Å². The van der Waals surface area contributed by atoms with Crippen molar-refractivity contribution in [2.24, 2.45) is 5.92 Å². The first kappa shape index (κ1) is 20.8. The van der Waals surface area contributed by atoms with E-state index in [9.17, 15) is 0 Å². The average Bonchev–Trinajstić information content (AvgIpc) is 3.08. The van der Waals surface area contributed by atoms with E-state index in [0.717, 1.165) is 0 Å². The lowest BCUT2D eigenvalue weighted by molar-refractivity contribution is -1.92. The Morgan fingerprint density at radius 1 is 0.808 bits per heavy atom. The molecule has 5 nitrogen and oxygen atoms in total. The van der Waals surface area contributed by atoms with E-state index < -0.39 is 10.2 Å². The van der Waals surface area contributed by atoms with Crippen LogP contribution in [-0.2, 0) is 12.8 Å². The van der Waals surface area contributed by atoms with Crippen molar-refractivity contribution in [1.82, 2.24) is 4.90 Å². The number of hydrogen-bond donors (Lipinski definition) is 1. The van der Waals surface area contributed by atoms with Gasteiger partial charge in [0.1, 0.15) is 0 Å². The summed E-state index contributed by atoms with van der Waals surface area (Å²) in [4.78, 5) is 2.65. The molecule has 0 spiro atoms. The van der Waals surface area contributed by atoms with Gasteiger partial charge in [0.25, 0.3) is 0 Å². The van der Waals surface area contributed by atoms with Gasteiger partial charge in [-0.25, -0.2) is 0 Å². The first-order valence-corrected chi connectivity index (χ1v) is 10.1. The van der Waals surface area contributed by atoms with E-state index in [1.165, 1.54) is 56.4 Å². The fourth-order valence-corrected chi connectivity index (χ4v) is 3.43. The number of benzene rings is 2. The lowest BCUT2D eigenvalue weighted by atomic mass is 9.92. The van der Waals surface area contributed by atoms with Gasteiger partial charge in [-0.3, -0.25) is 0 Å². The minimum atomic E-state index is -4.69. The summed E-state index contributed by atoms with van der Waals surface area (Å²) in [6.07, 6.45) is 5.13. The minimum absolute atomic E-state index is 0.716. The van der Waals surface area contributed by atoms with Crippen molar-refractivity contribution in [1.29, 1.82) is 0 Å². The van der Waals surface area contributed by atoms with Gasteiger partial charge in [0.15, 0.2) is 0 Å². The Hall–Kier alpha value is -1.47. The summed E-state index contributed by atoms with van der Waals surface area (Å²) in [6.45, 7) is 3.82. The van der Waals surface area contributed by atoms with Gasteiger partial charge in [0.05, 0.1) is 14.9 Å². The van der Waals surface area contributed by atoms with E-state index >= 15 is 0 Å². The molecule has 0 unspecified atom stereocenters. The topological polar surface area (TPSA) is 92.6 Å². The predicted molar refractivity (Wildman–Crippen MR) is 91.7 cm³/mol. The molecule has 6 heteroatoms. The summed E-state index contributed by atoms with van der Waals surface area (Å²) in [7, 11) is -4.69. The molecule has 1 saturated heterocycles. The molecular formula is C20H26ClNO4. The molecular weight excluding hydrogens is 354 g/mol. The summed E-state index contributed by atoms with van der Waals surface area (Å²) in [5, 5.41) is 0. The summed E-state index contributed by atoms with van der Waals surface area (Å²) < 4.78 is 32.7. The van der Waals surface area contributed by atoms with Crippen LogP contribution in [0.5, 0.6) is 0 Å². The molecule has 26 heavy (non-hydrogen) atoms. The normalized spacial score (nSPS) is 15.0. The third kappa shape index (κ3) is 9.29. The zero-order valence-electron chi connectivity index (χ0n) is 14.8. The molecule has 1 fully saturated rings. The highest BCUT2D eigenvalue weighted by molar-refractivity contribution is 5.18. The molecule has 0 atom stereocenters. The van der Waals surface area contributed by atoms with Gasteiger partial charge in [-0.15, -0.1) is 0 Å². The van der Waals surface area contributed by atoms with Crippen molar-refractivity contribution < 1.29 is 28.9 Å². The van der Waals surface area contributed by atoms with Gasteiger partial charge >= 0.3 is 0 Å². The van der Waals surface area contributed by atoms with Crippen LogP contribution in [0, 0.1) is 16.2 Å². The third-order valence-electron chi connectivity index (χ3n) is 4.45. The van der Waals surface area contributed by atoms with Crippen LogP contribution in [0.1, 0.15) is 24.0 Å². The van der Waals surface area contributed by atoms with Crippen molar-refractivity contribution >= 4 is 0 Å². The highest BCUT2D eigenvalue weighted by Crippen LogP contribution is 2.18. The Bertz CT molecular complexity index is 565. The van der Waals surface area contributed by atoms with Crippen molar-refractivity contribution in [2.45, 2.75) is 25.7 Å². The van der Waals surface area contributed by atoms with Gasteiger partial charge in [0.2, 0.25) is 0 Å². The van der Waals surface area contributed by atoms with Crippen molar-refractivity contribution in [3.63, 3.8) is 0 Å². The fraction of sp³-hybridized carbons (Fsp3) is 0.400. The van der Waals surface area contributed by atoms with Crippen LogP contribution in [-0.4, -0.2) is 29.2 Å². The average molecular weight is 380 g/mol. The van der Waals surface area contributed by atoms with Crippen LogP contribution in [0.25, 0.3) is 0 Å². The Morgan fingerprint density at radius 3 is 1.58 bits per heavy atom. The fourth-order valence-electron chi connectivity index (χ4n) is 3.43. The molecule has 1 heterocycles. The zero-order chi connectivity index (χ0) is 18.8. The van der Waals surface area contributed by atoms with E-state index in [0.29, 0.717) is 5.92 Å². The molecule has 2 aromatic carbocycles. The van der Waals surface area contributed by atoms with Crippen molar-refractivity contribution in [2.75, 3.05) is 19.6 Å². The second-order valence-corrected chi connectivity index (χ2v) is 7.44. The van der Waals surface area contributed by atoms with Crippen LogP contribution in [0.4, 0.5) is 0 Å². The summed E-state index contributed by atoms with van der Waals surface area (Å²) in [6, 6.07) is 21.9. The molecule has 0 amide bonds. The standard InChI is InChI=1S/C20H25N.ClHO4/c1-3-9-18(10-4-1)15-20(17-21-13-7-8-14-21)16-19-11-5-2-6-12-19;2-1(3,4)5/h1-6,9-12,20H,7-8,13-17H2;(H,2,3,4,5). The zero-order valence-corrected chi connectivity index (χ0v) is 15.6. The molecule has 0 radical (unpaired) electrons. The van der Waals surface area contributed by atoms with Gasteiger partial charge in [0, 0.05) is 6.54 Å². The predicted octanol–water partition coefficient (Wildman–Crippen LogP) is 0.0598. The lowest BCUT2D eigenvalue weighted by Gasteiger charge is -2.24. The molecule has 0 aliphatic carbocycles. The molecule has 0 saturated carbocycles. The monoisotopic (exact) mass is 379 g/mol. The van der Waals surface area contributed by atoms with Gasteiger partial charge in [-0.2, -0.15) is 14.0 Å². The maximum atomic E-state index is 8.60. The number of hydrogen-bond acceptors (Lipinski definition) is 5. The molecule has 1 N–H and O–H groups in total. The van der Waals surface area contributed by atoms with E-state index in [2.05, 4.69) is 65.6 Å². The van der Waals surface area contributed by atoms with E-state index in [1.54, 1.807) is 0 Å². The SMILES string of the molecule is [O-][Cl+3]([O-])([O-])O.c1ccc(CC(Cc2ccccc2)CN2CCCC2)cc1. The summed E-state index contributed by atoms with van der Waals surface area (Å²) in [5.74, 6) is 0.716.